The first-order valence-electron chi connectivity index (χ1n) is 8.69. The maximum absolute atomic E-state index is 12.5. The number of rotatable bonds is 7. The van der Waals surface area contributed by atoms with Gasteiger partial charge in [0.05, 0.1) is 6.26 Å². The topological polar surface area (TPSA) is 58.9 Å². The smallest absolute Gasteiger partial charge is 0.279 e. The first-order chi connectivity index (χ1) is 11.4. The van der Waals surface area contributed by atoms with Crippen LogP contribution in [0.5, 0.6) is 0 Å². The third-order valence-electron chi connectivity index (χ3n) is 4.29. The van der Waals surface area contributed by atoms with Gasteiger partial charge in [-0.05, 0) is 42.0 Å². The molecule has 1 aromatic heterocycles. The van der Waals surface area contributed by atoms with E-state index in [0.29, 0.717) is 18.4 Å². The molecule has 3 N–H and O–H groups in total. The molecular formula is C20H29N2O2+. The molecule has 1 atom stereocenters. The number of hydrogen-bond donors (Lipinski definition) is 2. The summed E-state index contributed by atoms with van der Waals surface area (Å²) in [6.45, 7) is 11.0. The Morgan fingerprint density at radius 2 is 1.67 bits per heavy atom. The van der Waals surface area contributed by atoms with Crippen LogP contribution in [0.2, 0.25) is 0 Å². The molecule has 0 bridgehead atoms. The summed E-state index contributed by atoms with van der Waals surface area (Å²) >= 11 is 0. The van der Waals surface area contributed by atoms with Crippen LogP contribution in [0.4, 0.5) is 5.69 Å². The number of benzene rings is 1. The number of carbonyl (C=O) groups excluding carboxylic acids is 1. The highest BCUT2D eigenvalue weighted by Gasteiger charge is 2.18. The lowest BCUT2D eigenvalue weighted by molar-refractivity contribution is -0.684. The Kier molecular flexibility index (Phi) is 6.21. The van der Waals surface area contributed by atoms with Gasteiger partial charge in [-0.15, -0.1) is 0 Å². The lowest BCUT2D eigenvalue weighted by Gasteiger charge is -2.20. The van der Waals surface area contributed by atoms with E-state index in [2.05, 4.69) is 51.2 Å². The van der Waals surface area contributed by atoms with Crippen molar-refractivity contribution in [1.82, 2.24) is 0 Å². The van der Waals surface area contributed by atoms with Crippen molar-refractivity contribution >= 4 is 11.6 Å². The largest absolute Gasteiger partial charge is 0.463 e. The second-order valence-corrected chi connectivity index (χ2v) is 6.91. The Bertz CT molecular complexity index is 634. The lowest BCUT2D eigenvalue weighted by atomic mass is 9.92. The van der Waals surface area contributed by atoms with Gasteiger partial charge in [0.25, 0.3) is 5.91 Å². The van der Waals surface area contributed by atoms with Crippen molar-refractivity contribution in [2.24, 2.45) is 0 Å². The average Bonchev–Trinajstić information content (AvgIpc) is 3.06. The Balaban J connectivity index is 2.08. The SMILES string of the molecule is CC(C)c1cccc(C(C)C)c1NC(=O)C[NH2+][C@@H](C)c1ccco1. The van der Waals surface area contributed by atoms with Crippen molar-refractivity contribution in [3.8, 4) is 0 Å². The lowest BCUT2D eigenvalue weighted by Crippen LogP contribution is -2.86. The van der Waals surface area contributed by atoms with Gasteiger partial charge in [0.2, 0.25) is 0 Å². The fourth-order valence-corrected chi connectivity index (χ4v) is 2.84. The summed E-state index contributed by atoms with van der Waals surface area (Å²) in [6, 6.07) is 10.2. The zero-order valence-electron chi connectivity index (χ0n) is 15.3. The molecular weight excluding hydrogens is 300 g/mol. The zero-order chi connectivity index (χ0) is 17.7. The maximum Gasteiger partial charge on any atom is 0.279 e. The molecule has 2 aromatic rings. The molecule has 24 heavy (non-hydrogen) atoms. The van der Waals surface area contributed by atoms with Gasteiger partial charge in [-0.1, -0.05) is 45.9 Å². The molecule has 0 saturated carbocycles. The van der Waals surface area contributed by atoms with Crippen molar-refractivity contribution in [2.45, 2.75) is 52.5 Å². The minimum Gasteiger partial charge on any atom is -0.463 e. The normalized spacial score (nSPS) is 12.6. The van der Waals surface area contributed by atoms with Crippen molar-refractivity contribution in [3.05, 3.63) is 53.5 Å². The highest BCUT2D eigenvalue weighted by atomic mass is 16.3. The predicted octanol–water partition coefficient (Wildman–Crippen LogP) is 3.79. The molecule has 0 unspecified atom stereocenters. The summed E-state index contributed by atoms with van der Waals surface area (Å²) in [4.78, 5) is 12.5. The quantitative estimate of drug-likeness (QED) is 0.812. The van der Waals surface area contributed by atoms with Gasteiger partial charge in [-0.2, -0.15) is 0 Å². The molecule has 130 valence electrons. The summed E-state index contributed by atoms with van der Waals surface area (Å²) < 4.78 is 5.38. The van der Waals surface area contributed by atoms with E-state index in [1.54, 1.807) is 6.26 Å². The second-order valence-electron chi connectivity index (χ2n) is 6.91. The van der Waals surface area contributed by atoms with Gasteiger partial charge < -0.3 is 15.1 Å². The Morgan fingerprint density at radius 3 is 2.17 bits per heavy atom. The Labute approximate surface area is 144 Å². The van der Waals surface area contributed by atoms with E-state index < -0.39 is 0 Å². The van der Waals surface area contributed by atoms with E-state index >= 15 is 0 Å². The van der Waals surface area contributed by atoms with Crippen LogP contribution in [0.1, 0.15) is 69.4 Å². The number of hydrogen-bond acceptors (Lipinski definition) is 2. The maximum atomic E-state index is 12.5. The average molecular weight is 329 g/mol. The summed E-state index contributed by atoms with van der Waals surface area (Å²) in [7, 11) is 0. The molecule has 0 aliphatic carbocycles. The molecule has 4 nitrogen and oxygen atoms in total. The van der Waals surface area contributed by atoms with Gasteiger partial charge >= 0.3 is 0 Å². The van der Waals surface area contributed by atoms with Crippen LogP contribution < -0.4 is 10.6 Å². The monoisotopic (exact) mass is 329 g/mol. The molecule has 1 aromatic carbocycles. The zero-order valence-corrected chi connectivity index (χ0v) is 15.3. The van der Waals surface area contributed by atoms with E-state index in [1.165, 1.54) is 11.1 Å². The van der Waals surface area contributed by atoms with Crippen molar-refractivity contribution in [2.75, 3.05) is 11.9 Å². The van der Waals surface area contributed by atoms with E-state index in [9.17, 15) is 4.79 Å². The number of para-hydroxylation sites is 1. The molecule has 0 aliphatic heterocycles. The number of carbonyl (C=O) groups is 1. The van der Waals surface area contributed by atoms with Gasteiger partial charge in [0.1, 0.15) is 6.04 Å². The molecule has 0 spiro atoms. The number of anilines is 1. The van der Waals surface area contributed by atoms with E-state index in [0.717, 1.165) is 11.4 Å². The molecule has 4 heteroatoms. The van der Waals surface area contributed by atoms with Crippen LogP contribution in [0.15, 0.2) is 41.0 Å². The van der Waals surface area contributed by atoms with Gasteiger partial charge in [0.15, 0.2) is 12.3 Å². The molecule has 0 fully saturated rings. The van der Waals surface area contributed by atoms with Gasteiger partial charge in [-0.3, -0.25) is 4.79 Å². The van der Waals surface area contributed by atoms with Crippen LogP contribution >= 0.6 is 0 Å². The fourth-order valence-electron chi connectivity index (χ4n) is 2.84. The first kappa shape index (κ1) is 18.3. The summed E-state index contributed by atoms with van der Waals surface area (Å²) in [6.07, 6.45) is 1.66. The molecule has 0 radical (unpaired) electrons. The highest BCUT2D eigenvalue weighted by Crippen LogP contribution is 2.32. The van der Waals surface area contributed by atoms with Crippen LogP contribution in [0.3, 0.4) is 0 Å². The third kappa shape index (κ3) is 4.48. The first-order valence-corrected chi connectivity index (χ1v) is 8.69. The van der Waals surface area contributed by atoms with Gasteiger partial charge in [-0.25, -0.2) is 0 Å². The van der Waals surface area contributed by atoms with Crippen molar-refractivity contribution < 1.29 is 14.5 Å². The second kappa shape index (κ2) is 8.15. The number of nitrogens with two attached hydrogens (primary N) is 1. The van der Waals surface area contributed by atoms with Crippen LogP contribution in [-0.2, 0) is 4.79 Å². The number of quaternary nitrogens is 1. The number of amides is 1. The molecule has 1 heterocycles. The van der Waals surface area contributed by atoms with Crippen LogP contribution in [0.25, 0.3) is 0 Å². The Morgan fingerprint density at radius 1 is 1.04 bits per heavy atom. The summed E-state index contributed by atoms with van der Waals surface area (Å²) in [5.41, 5.74) is 3.36. The molecule has 0 saturated heterocycles. The fraction of sp³-hybridized carbons (Fsp3) is 0.450. The minimum atomic E-state index is 0.0170. The van der Waals surface area contributed by atoms with Gasteiger partial charge in [0, 0.05) is 5.69 Å². The van der Waals surface area contributed by atoms with Crippen LogP contribution in [0, 0.1) is 0 Å². The predicted molar refractivity (Wildman–Crippen MR) is 97.2 cm³/mol. The standard InChI is InChI=1S/C20H28N2O2/c1-13(2)16-8-6-9-17(14(3)4)20(16)22-19(23)12-21-15(5)18-10-7-11-24-18/h6-11,13-15,21H,12H2,1-5H3,(H,22,23)/p+1/t15-/m0/s1. The number of furan rings is 1. The van der Waals surface area contributed by atoms with Crippen molar-refractivity contribution in [3.63, 3.8) is 0 Å². The Hall–Kier alpha value is -2.07. The van der Waals surface area contributed by atoms with Crippen LogP contribution in [-0.4, -0.2) is 12.5 Å². The summed E-state index contributed by atoms with van der Waals surface area (Å²) in [5, 5.41) is 5.13. The number of nitrogens with one attached hydrogen (secondary N) is 1. The minimum absolute atomic E-state index is 0.0170. The van der Waals surface area contributed by atoms with E-state index in [-0.39, 0.29) is 11.9 Å². The van der Waals surface area contributed by atoms with Crippen molar-refractivity contribution in [1.29, 1.82) is 0 Å². The molecule has 2 rings (SSSR count). The third-order valence-corrected chi connectivity index (χ3v) is 4.29. The highest BCUT2D eigenvalue weighted by molar-refractivity contribution is 5.93. The summed E-state index contributed by atoms with van der Waals surface area (Å²) in [5.74, 6) is 1.63. The molecule has 1 amide bonds. The molecule has 0 aliphatic rings. The van der Waals surface area contributed by atoms with E-state index in [4.69, 9.17) is 4.42 Å². The van der Waals surface area contributed by atoms with E-state index in [1.807, 2.05) is 24.4 Å².